The number of carbonyl (C=O) groups is 2. The summed E-state index contributed by atoms with van der Waals surface area (Å²) in [5.74, 6) is -0.416. The minimum Gasteiger partial charge on any atom is -0.346 e. The molecule has 1 aliphatic carbocycles. The van der Waals surface area contributed by atoms with E-state index in [0.717, 1.165) is 21.3 Å². The lowest BCUT2D eigenvalue weighted by Gasteiger charge is -2.15. The fourth-order valence-corrected chi connectivity index (χ4v) is 3.88. The van der Waals surface area contributed by atoms with E-state index in [1.807, 2.05) is 31.2 Å². The summed E-state index contributed by atoms with van der Waals surface area (Å²) in [6.07, 6.45) is 5.84. The van der Waals surface area contributed by atoms with E-state index >= 15 is 0 Å². The Balaban J connectivity index is 1.59. The predicted molar refractivity (Wildman–Crippen MR) is 116 cm³/mol. The number of rotatable bonds is 6. The van der Waals surface area contributed by atoms with E-state index in [0.29, 0.717) is 6.04 Å². The summed E-state index contributed by atoms with van der Waals surface area (Å²) in [4.78, 5) is 26.1. The molecular formula is C22H26BrN3O2. The van der Waals surface area contributed by atoms with Gasteiger partial charge in [-0.25, -0.2) is 0 Å². The molecular weight excluding hydrogens is 418 g/mol. The minimum atomic E-state index is -0.221. The predicted octanol–water partition coefficient (Wildman–Crippen LogP) is 4.62. The molecule has 28 heavy (non-hydrogen) atoms. The fraction of sp³-hybridized carbons (Fsp3) is 0.364. The molecule has 0 unspecified atom stereocenters. The number of carbonyl (C=O) groups excluding carboxylic acids is 2. The van der Waals surface area contributed by atoms with E-state index in [2.05, 4.69) is 45.7 Å². The van der Waals surface area contributed by atoms with Gasteiger partial charge in [0, 0.05) is 40.7 Å². The third-order valence-electron chi connectivity index (χ3n) is 5.06. The number of nitrogens with zero attached hydrogens (tertiary/aromatic N) is 2. The molecule has 1 aliphatic rings. The maximum absolute atomic E-state index is 12.4. The highest BCUT2D eigenvalue weighted by Crippen LogP contribution is 2.38. The van der Waals surface area contributed by atoms with Gasteiger partial charge in [-0.1, -0.05) is 15.9 Å². The van der Waals surface area contributed by atoms with Crippen LogP contribution in [0.1, 0.15) is 41.4 Å². The molecule has 1 aromatic heterocycles. The van der Waals surface area contributed by atoms with Crippen LogP contribution in [0.4, 0.5) is 5.69 Å². The first kappa shape index (κ1) is 20.4. The molecule has 148 valence electrons. The van der Waals surface area contributed by atoms with Crippen LogP contribution in [0.3, 0.4) is 0 Å². The van der Waals surface area contributed by atoms with Crippen LogP contribution in [0.15, 0.2) is 34.8 Å². The second-order valence-electron chi connectivity index (χ2n) is 7.46. The van der Waals surface area contributed by atoms with Crippen LogP contribution in [-0.2, 0) is 9.59 Å². The van der Waals surface area contributed by atoms with E-state index in [1.165, 1.54) is 35.2 Å². The van der Waals surface area contributed by atoms with E-state index < -0.39 is 0 Å². The summed E-state index contributed by atoms with van der Waals surface area (Å²) in [6, 6.07) is 8.38. The minimum absolute atomic E-state index is 0.000225. The van der Waals surface area contributed by atoms with Crippen LogP contribution >= 0.6 is 15.9 Å². The summed E-state index contributed by atoms with van der Waals surface area (Å²) in [5.41, 5.74) is 5.18. The maximum Gasteiger partial charge on any atom is 0.246 e. The number of aryl methyl sites for hydroxylation is 2. The summed E-state index contributed by atoms with van der Waals surface area (Å²) in [5, 5.41) is 2.86. The van der Waals surface area contributed by atoms with Gasteiger partial charge in [0.25, 0.3) is 0 Å². The van der Waals surface area contributed by atoms with Gasteiger partial charge in [0.05, 0.1) is 6.54 Å². The number of amides is 2. The van der Waals surface area contributed by atoms with Gasteiger partial charge in [-0.2, -0.15) is 0 Å². The van der Waals surface area contributed by atoms with Gasteiger partial charge < -0.3 is 14.8 Å². The van der Waals surface area contributed by atoms with Crippen LogP contribution in [0.25, 0.3) is 6.08 Å². The normalized spacial score (nSPS) is 13.8. The number of benzene rings is 1. The summed E-state index contributed by atoms with van der Waals surface area (Å²) < 4.78 is 3.31. The van der Waals surface area contributed by atoms with Crippen molar-refractivity contribution in [3.63, 3.8) is 0 Å². The molecule has 0 bridgehead atoms. The molecule has 2 aromatic rings. The van der Waals surface area contributed by atoms with Crippen molar-refractivity contribution in [3.8, 4) is 0 Å². The first-order valence-corrected chi connectivity index (χ1v) is 10.2. The van der Waals surface area contributed by atoms with Gasteiger partial charge in [-0.3, -0.25) is 9.59 Å². The molecule has 1 fully saturated rings. The lowest BCUT2D eigenvalue weighted by atomic mass is 10.2. The number of likely N-dealkylation sites (N-methyl/N-ethyl adjacent to an activating group) is 1. The van der Waals surface area contributed by atoms with Gasteiger partial charge in [-0.15, -0.1) is 0 Å². The zero-order chi connectivity index (χ0) is 20.4. The van der Waals surface area contributed by atoms with Gasteiger partial charge >= 0.3 is 0 Å². The Kier molecular flexibility index (Phi) is 6.08. The topological polar surface area (TPSA) is 54.3 Å². The lowest BCUT2D eigenvalue weighted by molar-refractivity contribution is -0.129. The second-order valence-corrected chi connectivity index (χ2v) is 8.38. The van der Waals surface area contributed by atoms with E-state index in [9.17, 15) is 9.59 Å². The molecule has 0 radical (unpaired) electrons. The number of nitrogens with one attached hydrogen (secondary N) is 1. The van der Waals surface area contributed by atoms with Gasteiger partial charge in [0.2, 0.25) is 11.8 Å². The molecule has 6 heteroatoms. The van der Waals surface area contributed by atoms with Crippen LogP contribution in [0, 0.1) is 20.8 Å². The van der Waals surface area contributed by atoms with E-state index in [4.69, 9.17) is 0 Å². The summed E-state index contributed by atoms with van der Waals surface area (Å²) >= 11 is 3.41. The average molecular weight is 444 g/mol. The van der Waals surface area contributed by atoms with Crippen molar-refractivity contribution in [2.24, 2.45) is 0 Å². The highest BCUT2D eigenvalue weighted by molar-refractivity contribution is 9.10. The maximum atomic E-state index is 12.4. The third kappa shape index (κ3) is 4.73. The van der Waals surface area contributed by atoms with Crippen molar-refractivity contribution in [1.29, 1.82) is 0 Å². The third-order valence-corrected chi connectivity index (χ3v) is 5.55. The van der Waals surface area contributed by atoms with E-state index in [1.54, 1.807) is 7.05 Å². The number of hydrogen-bond donors (Lipinski definition) is 1. The Labute approximate surface area is 174 Å². The Morgan fingerprint density at radius 1 is 1.25 bits per heavy atom. The molecule has 0 spiro atoms. The van der Waals surface area contributed by atoms with Crippen molar-refractivity contribution in [3.05, 3.63) is 57.3 Å². The highest BCUT2D eigenvalue weighted by atomic mass is 79.9. The number of anilines is 1. The summed E-state index contributed by atoms with van der Waals surface area (Å²) in [6.45, 7) is 6.12. The molecule has 0 atom stereocenters. The molecule has 5 nitrogen and oxygen atoms in total. The Morgan fingerprint density at radius 2 is 1.96 bits per heavy atom. The monoisotopic (exact) mass is 443 g/mol. The Morgan fingerprint density at radius 3 is 2.61 bits per heavy atom. The zero-order valence-corrected chi connectivity index (χ0v) is 18.3. The first-order chi connectivity index (χ1) is 13.3. The fourth-order valence-electron chi connectivity index (χ4n) is 3.40. The molecule has 1 N–H and O–H groups in total. The van der Waals surface area contributed by atoms with Gasteiger partial charge in [-0.05, 0) is 75.1 Å². The summed E-state index contributed by atoms with van der Waals surface area (Å²) in [7, 11) is 1.63. The van der Waals surface area contributed by atoms with Gasteiger partial charge in [0.15, 0.2) is 0 Å². The van der Waals surface area contributed by atoms with Crippen molar-refractivity contribution >= 4 is 39.5 Å². The van der Waals surface area contributed by atoms with E-state index in [-0.39, 0.29) is 18.4 Å². The van der Waals surface area contributed by atoms with Gasteiger partial charge in [0.1, 0.15) is 0 Å². The number of halogens is 1. The number of aromatic nitrogens is 1. The number of hydrogen-bond acceptors (Lipinski definition) is 2. The van der Waals surface area contributed by atoms with Crippen molar-refractivity contribution < 1.29 is 9.59 Å². The highest BCUT2D eigenvalue weighted by Gasteiger charge is 2.26. The van der Waals surface area contributed by atoms with Crippen molar-refractivity contribution in [1.82, 2.24) is 9.47 Å². The average Bonchev–Trinajstić information content (AvgIpc) is 3.41. The smallest absolute Gasteiger partial charge is 0.246 e. The standard InChI is InChI=1S/C22H26BrN3O2/c1-14-11-18(23)6-9-20(14)24-21(27)13-25(4)22(28)10-5-17-12-15(2)26(16(17)3)19-7-8-19/h5-6,9-12,19H,7-8,13H2,1-4H3,(H,24,27). The molecule has 1 saturated carbocycles. The Bertz CT molecular complexity index is 941. The molecule has 3 rings (SSSR count). The molecule has 2 amide bonds. The lowest BCUT2D eigenvalue weighted by Crippen LogP contribution is -2.34. The second kappa shape index (κ2) is 8.35. The molecule has 0 saturated heterocycles. The van der Waals surface area contributed by atoms with Crippen LogP contribution in [0.5, 0.6) is 0 Å². The zero-order valence-electron chi connectivity index (χ0n) is 16.8. The largest absolute Gasteiger partial charge is 0.346 e. The molecule has 1 aromatic carbocycles. The van der Waals surface area contributed by atoms with Crippen molar-refractivity contribution in [2.45, 2.75) is 39.7 Å². The van der Waals surface area contributed by atoms with Crippen molar-refractivity contribution in [2.75, 3.05) is 18.9 Å². The first-order valence-electron chi connectivity index (χ1n) is 9.44. The SMILES string of the molecule is Cc1cc(Br)ccc1NC(=O)CN(C)C(=O)C=Cc1cc(C)n(C2CC2)c1C. The molecule has 1 heterocycles. The molecule has 0 aliphatic heterocycles. The van der Waals surface area contributed by atoms with Crippen LogP contribution in [0.2, 0.25) is 0 Å². The quantitative estimate of drug-likeness (QED) is 0.661. The van der Waals surface area contributed by atoms with Crippen LogP contribution in [-0.4, -0.2) is 34.9 Å². The van der Waals surface area contributed by atoms with Crippen LogP contribution < -0.4 is 5.32 Å². The Hall–Kier alpha value is -2.34.